The zero-order valence-corrected chi connectivity index (χ0v) is 10.3. The monoisotopic (exact) mass is 228 g/mol. The number of nitrogens with one attached hydrogen (secondary N) is 1. The van der Waals surface area contributed by atoms with Crippen LogP contribution in [0.15, 0.2) is 0 Å². The highest BCUT2D eigenvalue weighted by Gasteiger charge is 2.45. The van der Waals surface area contributed by atoms with E-state index in [4.69, 9.17) is 0 Å². The molecule has 16 heavy (non-hydrogen) atoms. The minimum Gasteiger partial charge on any atom is -0.388 e. The molecule has 0 aromatic heterocycles. The van der Waals surface area contributed by atoms with Gasteiger partial charge in [-0.1, -0.05) is 0 Å². The van der Waals surface area contributed by atoms with Gasteiger partial charge >= 0.3 is 0 Å². The van der Waals surface area contributed by atoms with Crippen LogP contribution in [-0.2, 0) is 9.59 Å². The Morgan fingerprint density at radius 2 is 1.94 bits per heavy atom. The van der Waals surface area contributed by atoms with Gasteiger partial charge in [0.05, 0.1) is 11.6 Å². The first kappa shape index (κ1) is 13.0. The van der Waals surface area contributed by atoms with E-state index in [0.717, 1.165) is 0 Å². The molecule has 2 atom stereocenters. The summed E-state index contributed by atoms with van der Waals surface area (Å²) in [6.45, 7) is 4.76. The van der Waals surface area contributed by atoms with Crippen molar-refractivity contribution in [1.82, 2.24) is 10.2 Å². The molecule has 2 amide bonds. The van der Waals surface area contributed by atoms with Gasteiger partial charge in [-0.2, -0.15) is 0 Å². The van der Waals surface area contributed by atoms with Crippen LogP contribution >= 0.6 is 0 Å². The molecule has 92 valence electrons. The summed E-state index contributed by atoms with van der Waals surface area (Å²) in [5, 5.41) is 12.5. The van der Waals surface area contributed by atoms with E-state index in [1.165, 1.54) is 11.8 Å². The average molecular weight is 228 g/mol. The molecule has 1 saturated heterocycles. The number of likely N-dealkylation sites (N-methyl/N-ethyl adjacent to an activating group) is 1. The Hall–Kier alpha value is -1.10. The van der Waals surface area contributed by atoms with Crippen LogP contribution in [0, 0.1) is 0 Å². The number of aliphatic hydroxyl groups is 1. The molecule has 0 spiro atoms. The maximum absolute atomic E-state index is 11.6. The van der Waals surface area contributed by atoms with Crippen LogP contribution in [0.5, 0.6) is 0 Å². The predicted molar refractivity (Wildman–Crippen MR) is 59.7 cm³/mol. The summed E-state index contributed by atoms with van der Waals surface area (Å²) in [6, 6.07) is -0.730. The van der Waals surface area contributed by atoms with Gasteiger partial charge in [0, 0.05) is 14.0 Å². The Balaban J connectivity index is 2.94. The van der Waals surface area contributed by atoms with Gasteiger partial charge < -0.3 is 15.3 Å². The van der Waals surface area contributed by atoms with Crippen LogP contribution in [-0.4, -0.2) is 46.6 Å². The van der Waals surface area contributed by atoms with Crippen LogP contribution in [0.1, 0.15) is 33.6 Å². The van der Waals surface area contributed by atoms with Crippen molar-refractivity contribution in [1.29, 1.82) is 0 Å². The molecular weight excluding hydrogens is 208 g/mol. The lowest BCUT2D eigenvalue weighted by Crippen LogP contribution is -2.53. The van der Waals surface area contributed by atoms with Crippen molar-refractivity contribution in [3.05, 3.63) is 0 Å². The lowest BCUT2D eigenvalue weighted by molar-refractivity contribution is -0.142. The van der Waals surface area contributed by atoms with Crippen molar-refractivity contribution in [3.8, 4) is 0 Å². The summed E-state index contributed by atoms with van der Waals surface area (Å²) in [5.41, 5.74) is -0.978. The fourth-order valence-corrected chi connectivity index (χ4v) is 2.37. The fraction of sp³-hybridized carbons (Fsp3) is 0.818. The molecule has 1 aliphatic heterocycles. The van der Waals surface area contributed by atoms with E-state index >= 15 is 0 Å². The minimum atomic E-state index is -0.978. The van der Waals surface area contributed by atoms with Crippen molar-refractivity contribution in [2.75, 3.05) is 7.05 Å². The summed E-state index contributed by atoms with van der Waals surface area (Å²) >= 11 is 0. The van der Waals surface area contributed by atoms with E-state index in [0.29, 0.717) is 12.8 Å². The maximum Gasteiger partial charge on any atom is 0.242 e. The molecule has 0 unspecified atom stereocenters. The molecule has 1 heterocycles. The second-order valence-electron chi connectivity index (χ2n) is 4.80. The van der Waals surface area contributed by atoms with Gasteiger partial charge in [-0.25, -0.2) is 0 Å². The molecule has 1 rings (SSSR count). The zero-order valence-electron chi connectivity index (χ0n) is 10.3. The topological polar surface area (TPSA) is 69.6 Å². The largest absolute Gasteiger partial charge is 0.388 e. The van der Waals surface area contributed by atoms with Gasteiger partial charge in [-0.15, -0.1) is 0 Å². The number of likely N-dealkylation sites (tertiary alicyclic amines) is 1. The molecule has 0 radical (unpaired) electrons. The molecular formula is C11H20N2O3. The summed E-state index contributed by atoms with van der Waals surface area (Å²) in [5.74, 6) is -0.333. The minimum absolute atomic E-state index is 0.165. The Morgan fingerprint density at radius 1 is 1.38 bits per heavy atom. The van der Waals surface area contributed by atoms with Crippen LogP contribution in [0.25, 0.3) is 0 Å². The molecule has 1 fully saturated rings. The summed E-state index contributed by atoms with van der Waals surface area (Å²) in [4.78, 5) is 24.7. The summed E-state index contributed by atoms with van der Waals surface area (Å²) in [7, 11) is 1.55. The number of hydrogen-bond donors (Lipinski definition) is 2. The number of rotatable bonds is 2. The Kier molecular flexibility index (Phi) is 3.57. The number of hydrogen-bond acceptors (Lipinski definition) is 3. The first-order valence-corrected chi connectivity index (χ1v) is 5.52. The van der Waals surface area contributed by atoms with Gasteiger partial charge in [0.2, 0.25) is 11.8 Å². The highest BCUT2D eigenvalue weighted by Crippen LogP contribution is 2.31. The van der Waals surface area contributed by atoms with Gasteiger partial charge in [0.15, 0.2) is 0 Å². The first-order valence-electron chi connectivity index (χ1n) is 5.52. The van der Waals surface area contributed by atoms with E-state index in [1.54, 1.807) is 20.9 Å². The molecule has 0 aromatic carbocycles. The predicted octanol–water partition coefficient (Wildman–Crippen LogP) is -0.117. The molecule has 5 heteroatoms. The molecule has 1 aliphatic rings. The Bertz CT molecular complexity index is 296. The van der Waals surface area contributed by atoms with E-state index in [1.807, 2.05) is 0 Å². The van der Waals surface area contributed by atoms with E-state index < -0.39 is 11.6 Å². The normalized spacial score (nSPS) is 25.7. The standard InChI is InChI=1S/C11H20N2O3/c1-7(14)13-8(10(15)12-4)5-6-9(13)11(2,3)16/h8-9,16H,5-6H2,1-4H3,(H,12,15)/t8-,9-/m0/s1. The van der Waals surface area contributed by atoms with Crippen molar-refractivity contribution < 1.29 is 14.7 Å². The third kappa shape index (κ3) is 2.35. The molecule has 0 aromatic rings. The highest BCUT2D eigenvalue weighted by atomic mass is 16.3. The molecule has 0 aliphatic carbocycles. The smallest absolute Gasteiger partial charge is 0.242 e. The number of nitrogens with zero attached hydrogens (tertiary/aromatic N) is 1. The number of carbonyl (C=O) groups is 2. The lowest BCUT2D eigenvalue weighted by atomic mass is 9.97. The molecule has 0 bridgehead atoms. The van der Waals surface area contributed by atoms with Crippen LogP contribution < -0.4 is 5.32 Å². The molecule has 5 nitrogen and oxygen atoms in total. The Labute approximate surface area is 95.8 Å². The first-order chi connectivity index (χ1) is 7.29. The van der Waals surface area contributed by atoms with E-state index in [9.17, 15) is 14.7 Å². The second-order valence-corrected chi connectivity index (χ2v) is 4.80. The molecule has 2 N–H and O–H groups in total. The SMILES string of the molecule is CNC(=O)[C@@H]1CC[C@@H](C(C)(C)O)N1C(C)=O. The maximum atomic E-state index is 11.6. The van der Waals surface area contributed by atoms with Crippen LogP contribution in [0.3, 0.4) is 0 Å². The van der Waals surface area contributed by atoms with Crippen LogP contribution in [0.2, 0.25) is 0 Å². The van der Waals surface area contributed by atoms with Crippen LogP contribution in [0.4, 0.5) is 0 Å². The van der Waals surface area contributed by atoms with Crippen molar-refractivity contribution in [2.24, 2.45) is 0 Å². The van der Waals surface area contributed by atoms with Crippen molar-refractivity contribution in [2.45, 2.75) is 51.3 Å². The van der Waals surface area contributed by atoms with Gasteiger partial charge in [-0.3, -0.25) is 9.59 Å². The van der Waals surface area contributed by atoms with Crippen molar-refractivity contribution >= 4 is 11.8 Å². The van der Waals surface area contributed by atoms with Gasteiger partial charge in [-0.05, 0) is 26.7 Å². The molecule has 0 saturated carbocycles. The van der Waals surface area contributed by atoms with E-state index in [2.05, 4.69) is 5.32 Å². The third-order valence-electron chi connectivity index (χ3n) is 3.11. The van der Waals surface area contributed by atoms with Gasteiger partial charge in [0.25, 0.3) is 0 Å². The average Bonchev–Trinajstić information content (AvgIpc) is 2.59. The van der Waals surface area contributed by atoms with E-state index in [-0.39, 0.29) is 17.9 Å². The second kappa shape index (κ2) is 4.41. The quantitative estimate of drug-likeness (QED) is 0.692. The van der Waals surface area contributed by atoms with Crippen molar-refractivity contribution in [3.63, 3.8) is 0 Å². The zero-order chi connectivity index (χ0) is 12.5. The summed E-state index contributed by atoms with van der Waals surface area (Å²) < 4.78 is 0. The number of amides is 2. The Morgan fingerprint density at radius 3 is 2.31 bits per heavy atom. The fourth-order valence-electron chi connectivity index (χ4n) is 2.37. The lowest BCUT2D eigenvalue weighted by Gasteiger charge is -2.35. The summed E-state index contributed by atoms with van der Waals surface area (Å²) in [6.07, 6.45) is 1.26. The third-order valence-corrected chi connectivity index (χ3v) is 3.11. The highest BCUT2D eigenvalue weighted by molar-refractivity contribution is 5.87. The number of carbonyl (C=O) groups excluding carboxylic acids is 2. The van der Waals surface area contributed by atoms with Gasteiger partial charge in [0.1, 0.15) is 6.04 Å².